The van der Waals surface area contributed by atoms with Gasteiger partial charge in [0.15, 0.2) is 0 Å². The van der Waals surface area contributed by atoms with Crippen LogP contribution in [0, 0.1) is 17.9 Å². The zero-order chi connectivity index (χ0) is 24.2. The van der Waals surface area contributed by atoms with Gasteiger partial charge < -0.3 is 0 Å². The molecule has 0 radical (unpaired) electrons. The van der Waals surface area contributed by atoms with E-state index < -0.39 is 27.3 Å². The van der Waals surface area contributed by atoms with Crippen LogP contribution in [0.5, 0.6) is 0 Å². The summed E-state index contributed by atoms with van der Waals surface area (Å²) in [6.07, 6.45) is 5.50. The van der Waals surface area contributed by atoms with Crippen molar-refractivity contribution >= 4 is 27.5 Å². The lowest BCUT2D eigenvalue weighted by atomic mass is 9.95. The van der Waals surface area contributed by atoms with Crippen molar-refractivity contribution in [3.63, 3.8) is 0 Å². The topological polar surface area (TPSA) is 83.6 Å². The molecule has 33 heavy (non-hydrogen) atoms. The molecule has 2 aromatic rings. The minimum Gasteiger partial charge on any atom is -0.273 e. The molecule has 168 valence electrons. The van der Waals surface area contributed by atoms with E-state index in [1.807, 2.05) is 4.72 Å². The van der Waals surface area contributed by atoms with Crippen molar-refractivity contribution in [3.8, 4) is 23.6 Å². The average molecular weight is 461 g/mol. The van der Waals surface area contributed by atoms with Crippen molar-refractivity contribution in [3.05, 3.63) is 84.4 Å². The van der Waals surface area contributed by atoms with Crippen LogP contribution in [0.25, 0.3) is 11.1 Å². The summed E-state index contributed by atoms with van der Waals surface area (Å²) in [4.78, 5) is 25.5. The fourth-order valence-electron chi connectivity index (χ4n) is 2.81. The molecule has 1 N–H and O–H groups in total. The predicted molar refractivity (Wildman–Crippen MR) is 129 cm³/mol. The number of hydrogen-bond donors (Lipinski definition) is 1. The number of anilines is 1. The molecule has 0 saturated heterocycles. The van der Waals surface area contributed by atoms with Crippen LogP contribution in [0.3, 0.4) is 0 Å². The number of benzene rings is 3. The number of carbonyl (C=O) groups excluding carboxylic acids is 2. The molecule has 0 fully saturated rings. The highest BCUT2D eigenvalue weighted by atomic mass is 32.2. The largest absolute Gasteiger partial charge is 0.273 e. The highest BCUT2D eigenvalue weighted by molar-refractivity contribution is 7.90. The molecule has 0 heterocycles. The van der Waals surface area contributed by atoms with E-state index >= 15 is 0 Å². The first-order valence-corrected chi connectivity index (χ1v) is 11.7. The quantitative estimate of drug-likeness (QED) is 0.360. The van der Waals surface area contributed by atoms with Gasteiger partial charge in [0.1, 0.15) is 4.90 Å². The minimum absolute atomic E-state index is 0.0111. The molecule has 2 aliphatic rings. The van der Waals surface area contributed by atoms with Crippen LogP contribution in [0.1, 0.15) is 31.1 Å². The maximum absolute atomic E-state index is 12.8. The van der Waals surface area contributed by atoms with E-state index in [1.165, 1.54) is 29.3 Å². The van der Waals surface area contributed by atoms with E-state index in [0.29, 0.717) is 5.56 Å². The van der Waals surface area contributed by atoms with Gasteiger partial charge in [0.05, 0.1) is 5.69 Å². The number of amides is 2. The number of nitrogens with one attached hydrogen (secondary N) is 1. The first kappa shape index (κ1) is 23.8. The van der Waals surface area contributed by atoms with E-state index in [9.17, 15) is 18.0 Å². The number of nitrogens with zero attached hydrogens (tertiary/aromatic N) is 1. The number of rotatable bonds is 4. The molecule has 7 heteroatoms. The molecule has 0 aliphatic heterocycles. The van der Waals surface area contributed by atoms with E-state index in [4.69, 9.17) is 6.42 Å². The Morgan fingerprint density at radius 3 is 1.82 bits per heavy atom. The standard InChI is InChI=1S/C20H20N2O4S.C6H4/c1-5-22(18(23)15-11-7-6-8-12-15)16-13-9-10-14-17(16)27(25,26)21-19(24)20(2,3)4;1-2-6-4-3-5(1)6/h1,6-14H,2-4H3,(H,21,24);1-4H. The Morgan fingerprint density at radius 2 is 1.36 bits per heavy atom. The Balaban J connectivity index is 0.000000431. The lowest BCUT2D eigenvalue weighted by Gasteiger charge is -2.21. The van der Waals surface area contributed by atoms with E-state index in [-0.39, 0.29) is 10.6 Å². The highest BCUT2D eigenvalue weighted by Gasteiger charge is 2.30. The second-order valence-corrected chi connectivity index (χ2v) is 10.0. The minimum atomic E-state index is -4.23. The third-order valence-corrected chi connectivity index (χ3v) is 6.25. The third kappa shape index (κ3) is 5.30. The molecular formula is C26H24N2O4S. The molecule has 6 nitrogen and oxygen atoms in total. The Labute approximate surface area is 194 Å². The Morgan fingerprint density at radius 1 is 0.848 bits per heavy atom. The van der Waals surface area contributed by atoms with Gasteiger partial charge in [0.2, 0.25) is 5.91 Å². The molecule has 2 aliphatic carbocycles. The van der Waals surface area contributed by atoms with Crippen LogP contribution < -0.4 is 9.62 Å². The second kappa shape index (κ2) is 9.31. The average Bonchev–Trinajstić information content (AvgIpc) is 2.77. The van der Waals surface area contributed by atoms with E-state index in [2.05, 4.69) is 30.3 Å². The summed E-state index contributed by atoms with van der Waals surface area (Å²) in [5.74, 6) is -1.22. The van der Waals surface area contributed by atoms with Gasteiger partial charge in [-0.1, -0.05) is 81.8 Å². The molecule has 4 rings (SSSR count). The molecule has 0 atom stereocenters. The summed E-state index contributed by atoms with van der Waals surface area (Å²) < 4.78 is 27.5. The Bertz CT molecular complexity index is 1300. The molecule has 2 amide bonds. The zero-order valence-electron chi connectivity index (χ0n) is 18.6. The van der Waals surface area contributed by atoms with Crippen LogP contribution >= 0.6 is 0 Å². The Hall–Kier alpha value is -3.89. The van der Waals surface area contributed by atoms with E-state index in [0.717, 1.165) is 4.90 Å². The van der Waals surface area contributed by atoms with Gasteiger partial charge in [0.25, 0.3) is 15.9 Å². The molecule has 0 aromatic heterocycles. The maximum atomic E-state index is 12.8. The van der Waals surface area contributed by atoms with Crippen LogP contribution in [-0.4, -0.2) is 20.2 Å². The van der Waals surface area contributed by atoms with Gasteiger partial charge in [-0.25, -0.2) is 18.0 Å². The van der Waals surface area contributed by atoms with Crippen LogP contribution in [0.4, 0.5) is 5.69 Å². The van der Waals surface area contributed by atoms with Gasteiger partial charge in [-0.15, -0.1) is 0 Å². The van der Waals surface area contributed by atoms with Gasteiger partial charge >= 0.3 is 0 Å². The smallest absolute Gasteiger partial charge is 0.270 e. The fourth-order valence-corrected chi connectivity index (χ4v) is 4.16. The van der Waals surface area contributed by atoms with Crippen LogP contribution in [-0.2, 0) is 14.8 Å². The fraction of sp³-hybridized carbons (Fsp3) is 0.154. The van der Waals surface area contributed by atoms with Crippen molar-refractivity contribution in [1.82, 2.24) is 4.72 Å². The number of sulfonamides is 1. The van der Waals surface area contributed by atoms with Gasteiger partial charge in [-0.3, -0.25) is 9.59 Å². The maximum Gasteiger partial charge on any atom is 0.270 e. The molecule has 0 spiro atoms. The zero-order valence-corrected chi connectivity index (χ0v) is 19.4. The first-order valence-electron chi connectivity index (χ1n) is 10.2. The van der Waals surface area contributed by atoms with Gasteiger partial charge in [0, 0.05) is 17.0 Å². The van der Waals surface area contributed by atoms with Crippen molar-refractivity contribution in [2.75, 3.05) is 4.90 Å². The third-order valence-electron chi connectivity index (χ3n) is 4.88. The predicted octanol–water partition coefficient (Wildman–Crippen LogP) is 4.44. The molecular weight excluding hydrogens is 436 g/mol. The normalized spacial score (nSPS) is 11.3. The number of fused-ring (bicyclic) bond motifs is 1. The van der Waals surface area contributed by atoms with Crippen molar-refractivity contribution in [2.24, 2.45) is 5.41 Å². The lowest BCUT2D eigenvalue weighted by molar-refractivity contribution is -0.126. The summed E-state index contributed by atoms with van der Waals surface area (Å²) in [5.41, 5.74) is 2.24. The van der Waals surface area contributed by atoms with Crippen LogP contribution in [0.2, 0.25) is 0 Å². The number of hydrogen-bond acceptors (Lipinski definition) is 4. The number of para-hydroxylation sites is 1. The van der Waals surface area contributed by atoms with Gasteiger partial charge in [-0.05, 0) is 35.4 Å². The van der Waals surface area contributed by atoms with Crippen molar-refractivity contribution in [2.45, 2.75) is 25.7 Å². The Kier molecular flexibility index (Phi) is 6.70. The SMILES string of the molecule is C#CN(C(=O)c1ccccc1)c1ccccc1S(=O)(=O)NC(=O)C(C)(C)C.c1cc2ccc1-2. The number of terminal acetylenes is 1. The lowest BCUT2D eigenvalue weighted by Crippen LogP contribution is -2.39. The van der Waals surface area contributed by atoms with Crippen molar-refractivity contribution in [1.29, 1.82) is 0 Å². The summed E-state index contributed by atoms with van der Waals surface area (Å²) in [6.45, 7) is 4.78. The summed E-state index contributed by atoms with van der Waals surface area (Å²) in [5, 5.41) is 0. The summed E-state index contributed by atoms with van der Waals surface area (Å²) in [7, 11) is -4.23. The van der Waals surface area contributed by atoms with Crippen LogP contribution in [0.15, 0.2) is 83.8 Å². The molecule has 2 aromatic carbocycles. The van der Waals surface area contributed by atoms with Crippen molar-refractivity contribution < 1.29 is 18.0 Å². The number of carbonyl (C=O) groups is 2. The summed E-state index contributed by atoms with van der Waals surface area (Å²) >= 11 is 0. The first-order chi connectivity index (χ1) is 15.5. The summed E-state index contributed by atoms with van der Waals surface area (Å²) in [6, 6.07) is 24.7. The monoisotopic (exact) mass is 460 g/mol. The molecule has 0 unspecified atom stereocenters. The second-order valence-electron chi connectivity index (χ2n) is 8.37. The van der Waals surface area contributed by atoms with E-state index in [1.54, 1.807) is 57.2 Å². The molecule has 0 saturated carbocycles. The van der Waals surface area contributed by atoms with Gasteiger partial charge in [-0.2, -0.15) is 0 Å². The molecule has 0 bridgehead atoms. The highest BCUT2D eigenvalue weighted by Crippen LogP contribution is 2.29.